The molecule has 5 heteroatoms. The van der Waals surface area contributed by atoms with Crippen LogP contribution in [0.5, 0.6) is 0 Å². The van der Waals surface area contributed by atoms with E-state index >= 15 is 0 Å². The number of rotatable bonds is 0. The van der Waals surface area contributed by atoms with E-state index in [1.807, 2.05) is 0 Å². The van der Waals surface area contributed by atoms with E-state index in [9.17, 15) is 0 Å². The second-order valence-corrected chi connectivity index (χ2v) is 14.5. The molecule has 0 rings (SSSR count). The molecule has 84 valence electrons. The second kappa shape index (κ2) is 11.7. The summed E-state index contributed by atoms with van der Waals surface area (Å²) in [5.41, 5.74) is 0. The zero-order valence-electron chi connectivity index (χ0n) is 11.1. The Morgan fingerprint density at radius 1 is 0.933 bits per heavy atom. The van der Waals surface area contributed by atoms with Gasteiger partial charge in [0.2, 0.25) is 0 Å². The van der Waals surface area contributed by atoms with Crippen LogP contribution in [0.15, 0.2) is 0 Å². The third kappa shape index (κ3) is 1850. The Morgan fingerprint density at radius 2 is 0.933 bits per heavy atom. The van der Waals surface area contributed by atoms with Crippen molar-refractivity contribution in [2.45, 2.75) is 56.5 Å². The maximum absolute atomic E-state index is 8.89. The molecular weight excluding hydrogens is 363 g/mol. The molecule has 0 aromatic carbocycles. The first kappa shape index (κ1) is 25.1. The number of carbonyl (C=O) groups is 1. The van der Waals surface area contributed by atoms with Crippen molar-refractivity contribution in [3.05, 3.63) is 0 Å². The topological polar surface area (TPSA) is 40.1 Å². The maximum atomic E-state index is 8.89. The minimum atomic E-state index is -1.08. The molecule has 0 amide bonds. The Hall–Kier alpha value is 1.20. The van der Waals surface area contributed by atoms with Crippen molar-refractivity contribution >= 4 is 5.97 Å². The first-order valence-electron chi connectivity index (χ1n) is 4.62. The van der Waals surface area contributed by atoms with E-state index in [2.05, 4.69) is 41.5 Å². The van der Waals surface area contributed by atoms with Gasteiger partial charge in [0.15, 0.2) is 0 Å². The van der Waals surface area contributed by atoms with Crippen LogP contribution in [0, 0.1) is 0 Å². The summed E-state index contributed by atoms with van der Waals surface area (Å²) in [5, 5.41) is 8.89. The van der Waals surface area contributed by atoms with Crippen LogP contribution in [0.1, 0.15) is 48.5 Å². The van der Waals surface area contributed by atoms with Crippen molar-refractivity contribution in [3.63, 3.8) is 0 Å². The molecule has 0 aliphatic rings. The second-order valence-electron chi connectivity index (χ2n) is 5.61. The minimum absolute atomic E-state index is 0. The maximum Gasteiger partial charge on any atom is -1.00 e. The number of halogens is 1. The van der Waals surface area contributed by atoms with Gasteiger partial charge in [0, 0.05) is 5.97 Å². The Bertz CT molecular complexity index is 120. The smallest absolute Gasteiger partial charge is 1.00 e. The molecule has 0 aliphatic heterocycles. The summed E-state index contributed by atoms with van der Waals surface area (Å²) >= 11 is 2.79. The number of hydrogen-bond acceptors (Lipinski definition) is 2. The van der Waals surface area contributed by atoms with Gasteiger partial charge in [0.05, 0.1) is 0 Å². The largest absolute Gasteiger partial charge is 1.00 e. The SMILES string of the molecule is CC(=O)[O-].C[C](C)(C)[Zn+].C[C](C)(C)[Zn+].[Br-]. The predicted molar refractivity (Wildman–Crippen MR) is 50.1 cm³/mol. The fourth-order valence-corrected chi connectivity index (χ4v) is 0. The number of aliphatic carboxylic acids is 1. The standard InChI is InChI=1S/2C4H9.C2H4O2.BrH.2Zn/c2*1-4(2)3;1-2(3)4;;;/h2*1-3H3;1H3,(H,3,4);1H;;/q;;;;2*+1/p-2. The van der Waals surface area contributed by atoms with Crippen LogP contribution in [0.3, 0.4) is 0 Å². The first-order valence-corrected chi connectivity index (χ1v) is 7.58. The van der Waals surface area contributed by atoms with Gasteiger partial charge in [-0.15, -0.1) is 0 Å². The predicted octanol–water partition coefficient (Wildman–Crippen LogP) is -0.737. The summed E-state index contributed by atoms with van der Waals surface area (Å²) in [4.78, 5) is 8.89. The van der Waals surface area contributed by atoms with E-state index < -0.39 is 5.97 Å². The average molecular weight is 384 g/mol. The summed E-state index contributed by atoms with van der Waals surface area (Å²) in [7, 11) is 0. The Labute approximate surface area is 125 Å². The van der Waals surface area contributed by atoms with Crippen LogP contribution in [-0.2, 0) is 41.4 Å². The van der Waals surface area contributed by atoms with E-state index in [-0.39, 0.29) is 17.0 Å². The third-order valence-electron chi connectivity index (χ3n) is 0. The fourth-order valence-electron chi connectivity index (χ4n) is 0. The number of carboxylic acid groups (broad SMARTS) is 1. The fraction of sp³-hybridized carbons (Fsp3) is 0.900. The Morgan fingerprint density at radius 3 is 0.933 bits per heavy atom. The molecule has 0 atom stereocenters. The normalized spacial score (nSPS) is 9.80. The van der Waals surface area contributed by atoms with Crippen LogP contribution in [0.25, 0.3) is 0 Å². The van der Waals surface area contributed by atoms with Gasteiger partial charge in [0.25, 0.3) is 0 Å². The van der Waals surface area contributed by atoms with E-state index in [0.29, 0.717) is 8.02 Å². The molecule has 0 fully saturated rings. The molecule has 0 bridgehead atoms. The van der Waals surface area contributed by atoms with Crippen molar-refractivity contribution in [1.29, 1.82) is 0 Å². The van der Waals surface area contributed by atoms with Crippen molar-refractivity contribution in [1.82, 2.24) is 0 Å². The molecular formula is C10H21BrO2Zn2. The Balaban J connectivity index is -0.0000000590. The van der Waals surface area contributed by atoms with Gasteiger partial charge < -0.3 is 26.9 Å². The van der Waals surface area contributed by atoms with Gasteiger partial charge in [-0.1, -0.05) is 0 Å². The molecule has 0 saturated heterocycles. The molecule has 0 saturated carbocycles. The van der Waals surface area contributed by atoms with Crippen LogP contribution in [0.2, 0.25) is 8.02 Å². The molecule has 2 nitrogen and oxygen atoms in total. The van der Waals surface area contributed by atoms with E-state index in [4.69, 9.17) is 9.90 Å². The van der Waals surface area contributed by atoms with Gasteiger partial charge in [0.1, 0.15) is 0 Å². The van der Waals surface area contributed by atoms with Crippen LogP contribution >= 0.6 is 0 Å². The summed E-state index contributed by atoms with van der Waals surface area (Å²) in [5.74, 6) is -1.08. The molecule has 0 N–H and O–H groups in total. The Kier molecular flexibility index (Phi) is 19.6. The average Bonchev–Trinajstić information content (AvgIpc) is 1.45. The zero-order chi connectivity index (χ0) is 12.6. The molecule has 0 aromatic heterocycles. The van der Waals surface area contributed by atoms with Crippen LogP contribution < -0.4 is 22.1 Å². The van der Waals surface area contributed by atoms with Gasteiger partial charge in [-0.3, -0.25) is 0 Å². The summed E-state index contributed by atoms with van der Waals surface area (Å²) < 4.78 is 1.25. The molecule has 0 heterocycles. The summed E-state index contributed by atoms with van der Waals surface area (Å²) in [6, 6.07) is 0. The first-order chi connectivity index (χ1) is 5.73. The quantitative estimate of drug-likeness (QED) is 0.517. The van der Waals surface area contributed by atoms with Gasteiger partial charge in [-0.05, 0) is 6.92 Å². The van der Waals surface area contributed by atoms with Crippen LogP contribution in [0.4, 0.5) is 0 Å². The van der Waals surface area contributed by atoms with E-state index in [1.54, 1.807) is 0 Å². The van der Waals surface area contributed by atoms with Gasteiger partial charge in [-0.25, -0.2) is 0 Å². The van der Waals surface area contributed by atoms with E-state index in [1.165, 1.54) is 36.6 Å². The minimum Gasteiger partial charge on any atom is -1.00 e. The molecule has 0 spiro atoms. The zero-order valence-corrected chi connectivity index (χ0v) is 18.6. The summed E-state index contributed by atoms with van der Waals surface area (Å²) in [6.07, 6.45) is 0. The number of hydrogen-bond donors (Lipinski definition) is 0. The summed E-state index contributed by atoms with van der Waals surface area (Å²) in [6.45, 7) is 14.4. The number of carbonyl (C=O) groups excluding carboxylic acids is 1. The van der Waals surface area contributed by atoms with Gasteiger partial charge >= 0.3 is 86.2 Å². The third-order valence-corrected chi connectivity index (χ3v) is 0. The molecule has 0 radical (unpaired) electrons. The van der Waals surface area contributed by atoms with E-state index in [0.717, 1.165) is 6.92 Å². The monoisotopic (exact) mass is 380 g/mol. The van der Waals surface area contributed by atoms with Crippen LogP contribution in [-0.4, -0.2) is 5.97 Å². The molecule has 0 aromatic rings. The van der Waals surface area contributed by atoms with Crippen molar-refractivity contribution in [2.24, 2.45) is 0 Å². The molecule has 0 unspecified atom stereocenters. The van der Waals surface area contributed by atoms with Crippen molar-refractivity contribution < 1.29 is 63.5 Å². The van der Waals surface area contributed by atoms with Gasteiger partial charge in [-0.2, -0.15) is 0 Å². The molecule has 0 aliphatic carbocycles. The molecule has 15 heavy (non-hydrogen) atoms. The number of carboxylic acids is 1. The van der Waals surface area contributed by atoms with Crippen molar-refractivity contribution in [3.8, 4) is 0 Å². The van der Waals surface area contributed by atoms with Crippen molar-refractivity contribution in [2.75, 3.05) is 0 Å².